The van der Waals surface area contributed by atoms with Gasteiger partial charge >= 0.3 is 0 Å². The first-order valence-electron chi connectivity index (χ1n) is 7.10. The van der Waals surface area contributed by atoms with Crippen molar-refractivity contribution in [1.82, 2.24) is 4.90 Å². The molecule has 2 rings (SSSR count). The highest BCUT2D eigenvalue weighted by molar-refractivity contribution is 4.79. The van der Waals surface area contributed by atoms with Crippen molar-refractivity contribution in [2.24, 2.45) is 5.92 Å². The number of nitrogens with zero attached hydrogens (tertiary/aromatic N) is 1. The van der Waals surface area contributed by atoms with E-state index in [-0.39, 0.29) is 7.43 Å². The number of piperidine rings is 1. The largest absolute Gasteiger partial charge is 0.300 e. The van der Waals surface area contributed by atoms with Gasteiger partial charge in [-0.3, -0.25) is 0 Å². The third kappa shape index (κ3) is 4.86. The Morgan fingerprint density at radius 2 is 1.31 bits per heavy atom. The zero-order valence-electron chi connectivity index (χ0n) is 11.0. The van der Waals surface area contributed by atoms with Crippen molar-refractivity contribution in [3.8, 4) is 0 Å². The molecule has 2 fully saturated rings. The molecule has 0 aromatic carbocycles. The van der Waals surface area contributed by atoms with Crippen LogP contribution in [0.1, 0.15) is 73.1 Å². The summed E-state index contributed by atoms with van der Waals surface area (Å²) in [6.45, 7) is 9.16. The van der Waals surface area contributed by atoms with Crippen LogP contribution in [-0.4, -0.2) is 24.0 Å². The summed E-state index contributed by atoms with van der Waals surface area (Å²) in [6, 6.07) is 0.959. The highest BCUT2D eigenvalue weighted by Crippen LogP contribution is 2.26. The Kier molecular flexibility index (Phi) is 9.02. The molecule has 0 aromatic heterocycles. The first kappa shape index (κ1) is 16.0. The fourth-order valence-electron chi connectivity index (χ4n) is 2.84. The van der Waals surface area contributed by atoms with E-state index in [1.54, 1.807) is 0 Å². The van der Waals surface area contributed by atoms with Crippen LogP contribution in [0.4, 0.5) is 0 Å². The summed E-state index contributed by atoms with van der Waals surface area (Å²) in [4.78, 5) is 2.76. The second kappa shape index (κ2) is 9.04. The first-order chi connectivity index (χ1) is 7.36. The van der Waals surface area contributed by atoms with E-state index < -0.39 is 0 Å². The first-order valence-corrected chi connectivity index (χ1v) is 7.10. The van der Waals surface area contributed by atoms with Gasteiger partial charge in [-0.05, 0) is 44.7 Å². The Hall–Kier alpha value is -0.0400. The quantitative estimate of drug-likeness (QED) is 0.627. The summed E-state index contributed by atoms with van der Waals surface area (Å²) in [7, 11) is 0. The van der Waals surface area contributed by atoms with Crippen LogP contribution in [0.15, 0.2) is 0 Å². The van der Waals surface area contributed by atoms with Gasteiger partial charge in [0.25, 0.3) is 0 Å². The van der Waals surface area contributed by atoms with E-state index in [9.17, 15) is 0 Å². The molecule has 16 heavy (non-hydrogen) atoms. The highest BCUT2D eigenvalue weighted by atomic mass is 15.2. The van der Waals surface area contributed by atoms with E-state index in [0.717, 1.165) is 12.0 Å². The van der Waals surface area contributed by atoms with Crippen LogP contribution in [-0.2, 0) is 0 Å². The third-order valence-corrected chi connectivity index (χ3v) is 3.91. The summed E-state index contributed by atoms with van der Waals surface area (Å²) < 4.78 is 0. The van der Waals surface area contributed by atoms with Gasteiger partial charge in [0, 0.05) is 6.04 Å². The van der Waals surface area contributed by atoms with E-state index in [4.69, 9.17) is 0 Å². The maximum Gasteiger partial charge on any atom is 0.00952 e. The topological polar surface area (TPSA) is 3.24 Å². The molecule has 0 atom stereocenters. The van der Waals surface area contributed by atoms with E-state index >= 15 is 0 Å². The molecule has 98 valence electrons. The van der Waals surface area contributed by atoms with Crippen LogP contribution in [0, 0.1) is 5.92 Å². The molecule has 2 aliphatic rings. The van der Waals surface area contributed by atoms with Gasteiger partial charge in [-0.2, -0.15) is 0 Å². The molecule has 1 nitrogen and oxygen atoms in total. The molecule has 0 bridgehead atoms. The van der Waals surface area contributed by atoms with Crippen LogP contribution in [0.5, 0.6) is 0 Å². The number of rotatable bonds is 1. The molecule has 1 saturated heterocycles. The Bertz CT molecular complexity index is 142. The van der Waals surface area contributed by atoms with Crippen LogP contribution in [0.3, 0.4) is 0 Å². The molecule has 1 aliphatic heterocycles. The monoisotopic (exact) mass is 227 g/mol. The second-order valence-electron chi connectivity index (χ2n) is 5.01. The van der Waals surface area contributed by atoms with Gasteiger partial charge in [0.1, 0.15) is 0 Å². The zero-order valence-corrected chi connectivity index (χ0v) is 11.0. The molecule has 0 amide bonds. The molecule has 1 heteroatoms. The maximum atomic E-state index is 2.76. The summed E-state index contributed by atoms with van der Waals surface area (Å²) in [5, 5.41) is 0. The van der Waals surface area contributed by atoms with Crippen LogP contribution >= 0.6 is 0 Å². The average Bonchev–Trinajstić information content (AvgIpc) is 2.34. The van der Waals surface area contributed by atoms with Gasteiger partial charge in [0.2, 0.25) is 0 Å². The van der Waals surface area contributed by atoms with Crippen molar-refractivity contribution < 1.29 is 0 Å². The molecule has 1 heterocycles. The van der Waals surface area contributed by atoms with Crippen molar-refractivity contribution >= 4 is 0 Å². The summed E-state index contributed by atoms with van der Waals surface area (Å²) in [6.07, 6.45) is 10.3. The fourth-order valence-corrected chi connectivity index (χ4v) is 2.84. The second-order valence-corrected chi connectivity index (χ2v) is 5.01. The van der Waals surface area contributed by atoms with E-state index in [2.05, 4.69) is 11.8 Å². The van der Waals surface area contributed by atoms with Gasteiger partial charge in [0.05, 0.1) is 0 Å². The SMILES string of the molecule is C.CC.CC1CCN(C2CCCCC2)CC1. The predicted octanol–water partition coefficient (Wildman–Crippen LogP) is 4.71. The van der Waals surface area contributed by atoms with Gasteiger partial charge < -0.3 is 4.90 Å². The maximum absolute atomic E-state index is 2.76. The van der Waals surface area contributed by atoms with Gasteiger partial charge in [-0.15, -0.1) is 0 Å². The average molecular weight is 227 g/mol. The minimum atomic E-state index is 0. The van der Waals surface area contributed by atoms with E-state index in [1.807, 2.05) is 13.8 Å². The van der Waals surface area contributed by atoms with Crippen molar-refractivity contribution in [2.75, 3.05) is 13.1 Å². The highest BCUT2D eigenvalue weighted by Gasteiger charge is 2.24. The lowest BCUT2D eigenvalue weighted by molar-refractivity contribution is 0.111. The normalized spacial score (nSPS) is 24.2. The smallest absolute Gasteiger partial charge is 0.00952 e. The Morgan fingerprint density at radius 1 is 0.812 bits per heavy atom. The standard InChI is InChI=1S/C12H23N.C2H6.CH4/c1-11-7-9-13(10-8-11)12-5-3-2-4-6-12;1-2;/h11-12H,2-10H2,1H3;1-2H3;1H4. The Morgan fingerprint density at radius 3 is 1.81 bits per heavy atom. The lowest BCUT2D eigenvalue weighted by Crippen LogP contribution is -2.41. The summed E-state index contributed by atoms with van der Waals surface area (Å²) in [5.74, 6) is 0.986. The Labute approximate surface area is 104 Å². The van der Waals surface area contributed by atoms with Gasteiger partial charge in [-0.25, -0.2) is 0 Å². The van der Waals surface area contributed by atoms with E-state index in [0.29, 0.717) is 0 Å². The predicted molar refractivity (Wildman–Crippen MR) is 74.9 cm³/mol. The molecule has 0 spiro atoms. The van der Waals surface area contributed by atoms with Crippen molar-refractivity contribution in [2.45, 2.75) is 79.2 Å². The van der Waals surface area contributed by atoms with Crippen LogP contribution in [0.25, 0.3) is 0 Å². The zero-order chi connectivity index (χ0) is 11.1. The van der Waals surface area contributed by atoms with Crippen molar-refractivity contribution in [3.63, 3.8) is 0 Å². The fraction of sp³-hybridized carbons (Fsp3) is 1.00. The van der Waals surface area contributed by atoms with Gasteiger partial charge in [-0.1, -0.05) is 47.5 Å². The van der Waals surface area contributed by atoms with Gasteiger partial charge in [0.15, 0.2) is 0 Å². The van der Waals surface area contributed by atoms with Crippen LogP contribution < -0.4 is 0 Å². The molecule has 0 N–H and O–H groups in total. The number of likely N-dealkylation sites (tertiary alicyclic amines) is 1. The van der Waals surface area contributed by atoms with Crippen molar-refractivity contribution in [1.29, 1.82) is 0 Å². The number of hydrogen-bond donors (Lipinski definition) is 0. The van der Waals surface area contributed by atoms with Crippen LogP contribution in [0.2, 0.25) is 0 Å². The third-order valence-electron chi connectivity index (χ3n) is 3.91. The summed E-state index contributed by atoms with van der Waals surface area (Å²) in [5.41, 5.74) is 0. The van der Waals surface area contributed by atoms with Crippen molar-refractivity contribution in [3.05, 3.63) is 0 Å². The number of hydrogen-bond acceptors (Lipinski definition) is 1. The minimum Gasteiger partial charge on any atom is -0.300 e. The molecular weight excluding hydrogens is 194 g/mol. The summed E-state index contributed by atoms with van der Waals surface area (Å²) >= 11 is 0. The Balaban J connectivity index is 0.000000711. The molecule has 1 saturated carbocycles. The molecule has 1 aliphatic carbocycles. The molecule has 0 radical (unpaired) electrons. The lowest BCUT2D eigenvalue weighted by Gasteiger charge is -2.38. The molecule has 0 unspecified atom stereocenters. The minimum absolute atomic E-state index is 0. The molecule has 0 aromatic rings. The van der Waals surface area contributed by atoms with E-state index in [1.165, 1.54) is 58.0 Å². The molecular formula is C15H33N. The lowest BCUT2D eigenvalue weighted by atomic mass is 9.91.